The van der Waals surface area contributed by atoms with Crippen molar-refractivity contribution in [1.29, 1.82) is 0 Å². The summed E-state index contributed by atoms with van der Waals surface area (Å²) in [6.45, 7) is 0. The molecule has 0 atom stereocenters. The van der Waals surface area contributed by atoms with Gasteiger partial charge in [-0.05, 0) is 188 Å². The predicted octanol–water partition coefficient (Wildman–Crippen LogP) is -1.77. The lowest BCUT2D eigenvalue weighted by Crippen LogP contribution is -2.25. The number of hydrogen-bond acceptors (Lipinski definition) is 18. The largest absolute Gasteiger partial charge is 0.545 e. The number of aromatic amines is 2. The molecule has 0 spiro atoms. The first-order chi connectivity index (χ1) is 34.2. The van der Waals surface area contributed by atoms with Gasteiger partial charge in [0.05, 0.1) is 70.5 Å². The normalized spacial score (nSPS) is 11.6. The van der Waals surface area contributed by atoms with E-state index in [9.17, 15) is 79.2 Å². The number of fused-ring (bicyclic) bond motifs is 8. The maximum atomic E-state index is 12.3. The molecule has 2 aliphatic rings. The fraction of sp³-hybridized carbons (Fsp3) is 0. The highest BCUT2D eigenvalue weighted by molar-refractivity contribution is 6.05. The van der Waals surface area contributed by atoms with Crippen LogP contribution in [-0.4, -0.2) is 67.7 Å². The molecule has 8 bridgehead atoms. The van der Waals surface area contributed by atoms with Crippen molar-refractivity contribution < 1.29 is 79.2 Å². The van der Waals surface area contributed by atoms with Crippen LogP contribution in [0.15, 0.2) is 97.1 Å². The molecule has 2 aliphatic heterocycles. The molecule has 354 valence electrons. The number of carbonyl (C=O) groups is 8. The first-order valence-electron chi connectivity index (χ1n) is 20.7. The number of nitrogens with zero attached hydrogens (tertiary/aromatic N) is 2. The van der Waals surface area contributed by atoms with Crippen LogP contribution in [0.2, 0.25) is 0 Å². The van der Waals surface area contributed by atoms with Crippen molar-refractivity contribution >= 4 is 94.1 Å². The van der Waals surface area contributed by atoms with Crippen molar-refractivity contribution in [2.75, 3.05) is 0 Å². The van der Waals surface area contributed by atoms with Gasteiger partial charge in [0.2, 0.25) is 0 Å². The summed E-state index contributed by atoms with van der Waals surface area (Å²) in [6, 6.07) is 17.5. The molecule has 72 heavy (non-hydrogen) atoms. The van der Waals surface area contributed by atoms with Gasteiger partial charge in [-0.25, -0.2) is 9.97 Å². The summed E-state index contributed by atoms with van der Waals surface area (Å²) in [5.41, 5.74) is -5.35. The maximum Gasteiger partial charge on any atom is 0.0737 e. The molecule has 20 nitrogen and oxygen atoms in total. The summed E-state index contributed by atoms with van der Waals surface area (Å²) in [7, 11) is 0. The van der Waals surface area contributed by atoms with E-state index in [-0.39, 0.29) is 89.4 Å². The summed E-state index contributed by atoms with van der Waals surface area (Å²) < 4.78 is 0. The minimum absolute atomic E-state index is 0.0165. The number of benzene rings is 4. The van der Waals surface area contributed by atoms with Crippen LogP contribution >= 0.6 is 0 Å². The molecule has 0 amide bonds. The SMILES string of the molecule is O=C([O-])c1cc(C(=O)[O-])cc(-c2c3nc(c(-c4cc(C(=O)[O-])cc(C(=O)[O-])c4)c4ccc([nH]4)c(-c4cc(C(=O)[O-])cc(C(=O)[O-])c4)c4nc(c(-c5cc(C(=O)[O-])cc(C(=O)[O-])c5)c5ccc2[nH]5)C=C4)C=C3)c1. The van der Waals surface area contributed by atoms with Crippen molar-refractivity contribution in [2.45, 2.75) is 0 Å². The van der Waals surface area contributed by atoms with Gasteiger partial charge in [0.25, 0.3) is 0 Å². The van der Waals surface area contributed by atoms with E-state index in [1.54, 1.807) is 0 Å². The molecule has 7 aromatic rings. The van der Waals surface area contributed by atoms with Gasteiger partial charge in [0.15, 0.2) is 0 Å². The third-order valence-electron chi connectivity index (χ3n) is 11.5. The fourth-order valence-electron chi connectivity index (χ4n) is 8.45. The van der Waals surface area contributed by atoms with Gasteiger partial charge in [-0.2, -0.15) is 0 Å². The van der Waals surface area contributed by atoms with E-state index in [4.69, 9.17) is 9.97 Å². The molecule has 0 radical (unpaired) electrons. The monoisotopic (exact) mass is 958 g/mol. The lowest BCUT2D eigenvalue weighted by molar-refractivity contribution is -0.257. The number of carboxylic acid groups (broad SMARTS) is 8. The van der Waals surface area contributed by atoms with Crippen LogP contribution in [0.5, 0.6) is 0 Å². The van der Waals surface area contributed by atoms with E-state index in [1.807, 2.05) is 0 Å². The Morgan fingerprint density at radius 2 is 0.444 bits per heavy atom. The predicted molar refractivity (Wildman–Crippen MR) is 235 cm³/mol. The van der Waals surface area contributed by atoms with Crippen LogP contribution in [0.25, 0.3) is 90.9 Å². The highest BCUT2D eigenvalue weighted by Crippen LogP contribution is 2.40. The summed E-state index contributed by atoms with van der Waals surface area (Å²) in [4.78, 5) is 114. The smallest absolute Gasteiger partial charge is 0.0737 e. The van der Waals surface area contributed by atoms with Gasteiger partial charge in [0.1, 0.15) is 0 Å². The molecule has 9 rings (SSSR count). The van der Waals surface area contributed by atoms with Crippen LogP contribution in [0, 0.1) is 0 Å². The zero-order chi connectivity index (χ0) is 51.4. The Bertz CT molecular complexity index is 3290. The zero-order valence-electron chi connectivity index (χ0n) is 36.0. The minimum Gasteiger partial charge on any atom is -0.545 e. The molecule has 0 saturated heterocycles. The highest BCUT2D eigenvalue weighted by Gasteiger charge is 2.22. The van der Waals surface area contributed by atoms with Crippen LogP contribution in [0.1, 0.15) is 106 Å². The van der Waals surface area contributed by atoms with E-state index >= 15 is 0 Å². The summed E-state index contributed by atoms with van der Waals surface area (Å²) >= 11 is 0. The number of aromatic carboxylic acids is 8. The van der Waals surface area contributed by atoms with E-state index in [0.29, 0.717) is 0 Å². The Morgan fingerprint density at radius 3 is 0.597 bits per heavy atom. The number of aromatic nitrogens is 4. The van der Waals surface area contributed by atoms with Gasteiger partial charge in [-0.15, -0.1) is 0 Å². The number of carbonyl (C=O) groups excluding carboxylic acids is 8. The molecular formula is C52H22N4O16-8. The fourth-order valence-corrected chi connectivity index (χ4v) is 8.45. The van der Waals surface area contributed by atoms with Crippen molar-refractivity contribution in [3.05, 3.63) is 164 Å². The van der Waals surface area contributed by atoms with Gasteiger partial charge in [-0.3, -0.25) is 0 Å². The van der Waals surface area contributed by atoms with E-state index in [0.717, 1.165) is 72.8 Å². The molecule has 4 aromatic carbocycles. The second kappa shape index (κ2) is 17.7. The van der Waals surface area contributed by atoms with Crippen molar-refractivity contribution in [1.82, 2.24) is 19.9 Å². The van der Waals surface area contributed by atoms with Crippen molar-refractivity contribution in [3.8, 4) is 44.5 Å². The van der Waals surface area contributed by atoms with E-state index in [1.165, 1.54) is 48.6 Å². The number of H-pyrrole nitrogens is 2. The average molecular weight is 959 g/mol. The average Bonchev–Trinajstić information content (AvgIpc) is 4.19. The number of nitrogens with one attached hydrogen (secondary N) is 2. The molecule has 20 heteroatoms. The third-order valence-corrected chi connectivity index (χ3v) is 11.5. The summed E-state index contributed by atoms with van der Waals surface area (Å²) in [6.07, 6.45) is 5.59. The number of rotatable bonds is 12. The highest BCUT2D eigenvalue weighted by atomic mass is 16.4. The molecule has 5 heterocycles. The molecule has 0 aliphatic carbocycles. The van der Waals surface area contributed by atoms with Crippen molar-refractivity contribution in [3.63, 3.8) is 0 Å². The quantitative estimate of drug-likeness (QED) is 0.137. The molecule has 0 unspecified atom stereocenters. The second-order valence-corrected chi connectivity index (χ2v) is 16.0. The second-order valence-electron chi connectivity index (χ2n) is 16.0. The molecule has 0 saturated carbocycles. The Labute approximate surface area is 401 Å². The molecule has 0 fully saturated rings. The molecule has 3 aromatic heterocycles. The lowest BCUT2D eigenvalue weighted by Gasteiger charge is -2.14. The first-order valence-corrected chi connectivity index (χ1v) is 20.7. The van der Waals surface area contributed by atoms with E-state index < -0.39 is 92.3 Å². The molecule has 2 N–H and O–H groups in total. The number of hydrogen-bond donors (Lipinski definition) is 2. The van der Waals surface area contributed by atoms with Gasteiger partial charge in [-0.1, -0.05) is 0 Å². The van der Waals surface area contributed by atoms with Crippen LogP contribution in [0.4, 0.5) is 0 Å². The van der Waals surface area contributed by atoms with Crippen LogP contribution in [0.3, 0.4) is 0 Å². The topological polar surface area (TPSA) is 378 Å². The van der Waals surface area contributed by atoms with Crippen LogP contribution in [-0.2, 0) is 0 Å². The molecular weight excluding hydrogens is 937 g/mol. The van der Waals surface area contributed by atoms with Crippen molar-refractivity contribution in [2.24, 2.45) is 0 Å². The minimum atomic E-state index is -1.78. The maximum absolute atomic E-state index is 12.3. The summed E-state index contributed by atoms with van der Waals surface area (Å²) in [5.74, 6) is -14.3. The Morgan fingerprint density at radius 1 is 0.278 bits per heavy atom. The Hall–Kier alpha value is -10.8. The summed E-state index contributed by atoms with van der Waals surface area (Å²) in [5, 5.41) is 98.5. The third kappa shape index (κ3) is 8.56. The Balaban J connectivity index is 1.54. The standard InChI is InChI=1S/C52H30N4O16/c57-45(58)25-9-21(10-26(17-25)46(59)60)41-33-1-2-34(53-33)42(22-11-27(47(61)62)18-28(12-22)48(63)64)36-5-6-38(55-36)44(24-15-31(51(69)70)20-32(16-24)52(71)72)40-8-7-39(56-40)43(37-4-3-35(41)54-37)23-13-29(49(65)66)19-30(14-23)50(67)68/h1-20,53,56H,(H,57,58)(H,59,60)(H,61,62)(H,63,64)(H,65,66)(H,67,68)(H,69,70)(H,71,72)/p-8. The zero-order valence-corrected chi connectivity index (χ0v) is 36.0. The van der Waals surface area contributed by atoms with Crippen LogP contribution < -0.4 is 40.9 Å². The lowest BCUT2D eigenvalue weighted by atomic mass is 9.98. The van der Waals surface area contributed by atoms with Gasteiger partial charge in [0, 0.05) is 44.3 Å². The van der Waals surface area contributed by atoms with E-state index in [2.05, 4.69) is 9.97 Å². The van der Waals surface area contributed by atoms with Gasteiger partial charge >= 0.3 is 0 Å². The Kier molecular flexibility index (Phi) is 11.4. The van der Waals surface area contributed by atoms with Gasteiger partial charge < -0.3 is 89.2 Å². The number of carboxylic acids is 8. The first kappa shape index (κ1) is 46.4.